The topological polar surface area (TPSA) is 72.2 Å². The van der Waals surface area contributed by atoms with Crippen molar-refractivity contribution in [2.24, 2.45) is 28.2 Å². The number of fused-ring (bicyclic) bond motifs is 8. The molecule has 408 valence electrons. The molecule has 1 aliphatic rings. The molecule has 4 heterocycles. The predicted octanol–water partition coefficient (Wildman–Crippen LogP) is -3.77. The van der Waals surface area contributed by atoms with Crippen LogP contribution in [-0.4, -0.2) is 44.7 Å². The van der Waals surface area contributed by atoms with Crippen LogP contribution in [0.15, 0.2) is 123 Å². The molecule has 4 aromatic carbocycles. The standard InChI is InChI=1S/C60H76N8O4.4ClH/c1-9-21-69-57-49-25-45(37-65-17-13-61(5)41-65)26-50(57)34-52-28-47(39-67-19-15-63(7)43-67)30-54(59(52)71-23-11-3)36-56-32-48(40-68-20-16-64(8)44-68)31-55(60(56)72-24-12-4)35-53-29-46(38-66-18-14-62(6)42-66)27-51(33-49)58(53)70-22-10-2;;;;/h13-20,25-32,41-44H,9-12,21-24,33-40H2,1-8H3;4*1H/q+4;;;;/p-4. The highest BCUT2D eigenvalue weighted by Crippen LogP contribution is 2.41. The lowest BCUT2D eigenvalue weighted by molar-refractivity contribution is -0.671. The van der Waals surface area contributed by atoms with Crippen molar-refractivity contribution in [1.82, 2.24) is 18.3 Å². The van der Waals surface area contributed by atoms with Crippen molar-refractivity contribution >= 4 is 0 Å². The summed E-state index contributed by atoms with van der Waals surface area (Å²) in [5, 5.41) is 0. The van der Waals surface area contributed by atoms with Gasteiger partial charge in [-0.15, -0.1) is 0 Å². The highest BCUT2D eigenvalue weighted by Gasteiger charge is 2.26. The smallest absolute Gasteiger partial charge is 0.243 e. The van der Waals surface area contributed by atoms with E-state index in [9.17, 15) is 0 Å². The highest BCUT2D eigenvalue weighted by atomic mass is 35.5. The number of hydrogen-bond donors (Lipinski definition) is 0. The van der Waals surface area contributed by atoms with Crippen LogP contribution in [0.3, 0.4) is 0 Å². The van der Waals surface area contributed by atoms with Crippen molar-refractivity contribution in [2.75, 3.05) is 26.4 Å². The van der Waals surface area contributed by atoms with E-state index >= 15 is 0 Å². The number of rotatable bonds is 20. The number of nitrogens with zero attached hydrogens (tertiary/aromatic N) is 8. The number of aromatic nitrogens is 8. The maximum atomic E-state index is 7.04. The van der Waals surface area contributed by atoms with Crippen LogP contribution in [0.2, 0.25) is 0 Å². The molecule has 16 heteroatoms. The molecular weight excluding hydrogens is 1040 g/mol. The zero-order chi connectivity index (χ0) is 50.1. The summed E-state index contributed by atoms with van der Waals surface area (Å²) < 4.78 is 45.6. The SMILES string of the molecule is CCCOc1c2cc(Cn3cc[n+](C)c3)cc1Cc1cc(Cn3cc[n+](C)c3)cc(c1OCCC)Cc1cc(Cn3cc[n+](C)c3)cc(c1OCCC)Cc1cc(Cn3cc[n+](C)c3)cc(c1OCCC)C2.[Cl-].[Cl-].[Cl-].[Cl-]. The Kier molecular flexibility index (Phi) is 22.8. The lowest BCUT2D eigenvalue weighted by Gasteiger charge is -2.24. The van der Waals surface area contributed by atoms with Gasteiger partial charge in [0.15, 0.2) is 0 Å². The zero-order valence-corrected chi connectivity index (χ0v) is 48.6. The summed E-state index contributed by atoms with van der Waals surface area (Å²) in [6, 6.07) is 19.1. The Hall–Kier alpha value is -5.92. The molecule has 0 N–H and O–H groups in total. The molecule has 0 spiro atoms. The number of ether oxygens (including phenoxy) is 4. The summed E-state index contributed by atoms with van der Waals surface area (Å²) in [7, 11) is 8.31. The van der Waals surface area contributed by atoms with E-state index in [1.165, 1.54) is 22.3 Å². The third kappa shape index (κ3) is 15.2. The first kappa shape index (κ1) is 60.9. The summed E-state index contributed by atoms with van der Waals surface area (Å²) in [4.78, 5) is 0. The Balaban J connectivity index is 0.00000267. The maximum absolute atomic E-state index is 7.04. The average Bonchev–Trinajstić information content (AvgIpc) is 4.17. The normalized spacial score (nSPS) is 11.7. The Labute approximate surface area is 475 Å². The number of benzene rings is 4. The highest BCUT2D eigenvalue weighted by molar-refractivity contribution is 5.59. The van der Waals surface area contributed by atoms with Gasteiger partial charge in [-0.1, -0.05) is 27.7 Å². The minimum Gasteiger partial charge on any atom is -1.00 e. The molecule has 76 heavy (non-hydrogen) atoms. The summed E-state index contributed by atoms with van der Waals surface area (Å²) in [5.74, 6) is 3.80. The van der Waals surface area contributed by atoms with Gasteiger partial charge in [0.2, 0.25) is 25.3 Å². The quantitative estimate of drug-likeness (QED) is 0.0737. The monoisotopic (exact) mass is 1110 g/mol. The molecule has 0 atom stereocenters. The fraction of sp³-hybridized carbons (Fsp3) is 0.400. The van der Waals surface area contributed by atoms with Crippen LogP contribution in [0.4, 0.5) is 0 Å². The first-order valence-corrected chi connectivity index (χ1v) is 26.2. The maximum Gasteiger partial charge on any atom is 0.243 e. The first-order chi connectivity index (χ1) is 35.0. The molecule has 0 saturated heterocycles. The molecule has 0 amide bonds. The van der Waals surface area contributed by atoms with E-state index in [-0.39, 0.29) is 49.6 Å². The number of hydrogen-bond acceptors (Lipinski definition) is 4. The molecule has 9 rings (SSSR count). The number of halogens is 4. The van der Waals surface area contributed by atoms with Gasteiger partial charge in [0.25, 0.3) is 0 Å². The molecule has 0 fully saturated rings. The van der Waals surface area contributed by atoms with Crippen molar-refractivity contribution in [3.8, 4) is 23.0 Å². The summed E-state index contributed by atoms with van der Waals surface area (Å²) >= 11 is 0. The van der Waals surface area contributed by atoms with Gasteiger partial charge < -0.3 is 68.6 Å². The number of aryl methyl sites for hydroxylation is 4. The van der Waals surface area contributed by atoms with E-state index < -0.39 is 0 Å². The second-order valence-electron chi connectivity index (χ2n) is 20.1. The van der Waals surface area contributed by atoms with Gasteiger partial charge in [0.05, 0.1) is 54.6 Å². The lowest BCUT2D eigenvalue weighted by atomic mass is 9.88. The van der Waals surface area contributed by atoms with Gasteiger partial charge in [-0.05, 0) is 141 Å². The van der Waals surface area contributed by atoms with Crippen molar-refractivity contribution < 1.29 is 86.8 Å². The Bertz CT molecular complexity index is 2630. The summed E-state index contributed by atoms with van der Waals surface area (Å²) in [5.41, 5.74) is 14.1. The molecule has 12 nitrogen and oxygen atoms in total. The largest absolute Gasteiger partial charge is 1.00 e. The molecule has 0 radical (unpaired) electrons. The summed E-state index contributed by atoms with van der Waals surface area (Å²) in [6.07, 6.45) is 31.7. The molecule has 0 unspecified atom stereocenters. The minimum atomic E-state index is 0. The second kappa shape index (κ2) is 28.5. The van der Waals surface area contributed by atoms with E-state index in [1.807, 2.05) is 0 Å². The lowest BCUT2D eigenvalue weighted by Crippen LogP contribution is -3.00. The number of imidazole rings is 4. The Morgan fingerprint density at radius 3 is 0.658 bits per heavy atom. The second-order valence-corrected chi connectivity index (χ2v) is 20.1. The van der Waals surface area contributed by atoms with Crippen LogP contribution in [0.5, 0.6) is 23.0 Å². The molecular formula is C60H76Cl4N8O4. The minimum absolute atomic E-state index is 0. The third-order valence-electron chi connectivity index (χ3n) is 13.3. The summed E-state index contributed by atoms with van der Waals surface area (Å²) in [6.45, 7) is 14.1. The van der Waals surface area contributed by atoms with E-state index in [1.54, 1.807) is 0 Å². The van der Waals surface area contributed by atoms with Crippen molar-refractivity contribution in [3.05, 3.63) is 190 Å². The molecule has 0 saturated carbocycles. The van der Waals surface area contributed by atoms with Gasteiger partial charge in [-0.25, -0.2) is 36.5 Å². The van der Waals surface area contributed by atoms with Crippen LogP contribution in [0, 0.1) is 0 Å². The average molecular weight is 1120 g/mol. The molecule has 0 aliphatic heterocycles. The zero-order valence-electron chi connectivity index (χ0n) is 45.6. The molecule has 8 aromatic rings. The van der Waals surface area contributed by atoms with Crippen molar-refractivity contribution in [2.45, 2.75) is 105 Å². The van der Waals surface area contributed by atoms with E-state index in [0.717, 1.165) is 119 Å². The van der Waals surface area contributed by atoms with Crippen LogP contribution < -0.4 is 86.8 Å². The van der Waals surface area contributed by atoms with E-state index in [0.29, 0.717) is 52.1 Å². The molecule has 8 bridgehead atoms. The Morgan fingerprint density at radius 1 is 0.329 bits per heavy atom. The van der Waals surface area contributed by atoms with E-state index in [2.05, 4.69) is 216 Å². The van der Waals surface area contributed by atoms with Crippen LogP contribution in [0.25, 0.3) is 0 Å². The fourth-order valence-electron chi connectivity index (χ4n) is 10.3. The van der Waals surface area contributed by atoms with Gasteiger partial charge in [0.1, 0.15) is 98.8 Å². The molecule has 1 aliphatic carbocycles. The van der Waals surface area contributed by atoms with Crippen LogP contribution in [0.1, 0.15) is 120 Å². The van der Waals surface area contributed by atoms with Crippen LogP contribution >= 0.6 is 0 Å². The third-order valence-corrected chi connectivity index (χ3v) is 13.3. The fourth-order valence-corrected chi connectivity index (χ4v) is 10.3. The first-order valence-electron chi connectivity index (χ1n) is 26.2. The van der Waals surface area contributed by atoms with Gasteiger partial charge in [-0.3, -0.25) is 0 Å². The molecule has 4 aromatic heterocycles. The van der Waals surface area contributed by atoms with Crippen molar-refractivity contribution in [3.63, 3.8) is 0 Å². The Morgan fingerprint density at radius 2 is 0.513 bits per heavy atom. The van der Waals surface area contributed by atoms with Crippen molar-refractivity contribution in [1.29, 1.82) is 0 Å². The predicted molar refractivity (Wildman–Crippen MR) is 279 cm³/mol. The van der Waals surface area contributed by atoms with Gasteiger partial charge in [0, 0.05) is 25.7 Å². The van der Waals surface area contributed by atoms with Crippen LogP contribution in [-0.2, 0) is 80.1 Å². The van der Waals surface area contributed by atoms with Gasteiger partial charge in [-0.2, -0.15) is 0 Å². The van der Waals surface area contributed by atoms with Gasteiger partial charge >= 0.3 is 0 Å². The van der Waals surface area contributed by atoms with E-state index in [4.69, 9.17) is 18.9 Å².